The molecule has 0 aliphatic carbocycles. The highest BCUT2D eigenvalue weighted by atomic mass is 79.9. The van der Waals surface area contributed by atoms with Crippen molar-refractivity contribution in [1.29, 1.82) is 0 Å². The van der Waals surface area contributed by atoms with Crippen LogP contribution in [0.4, 0.5) is 5.13 Å². The van der Waals surface area contributed by atoms with E-state index < -0.39 is 0 Å². The van der Waals surface area contributed by atoms with Gasteiger partial charge in [0, 0.05) is 16.4 Å². The van der Waals surface area contributed by atoms with E-state index in [1.54, 1.807) is 6.20 Å². The molecule has 1 aromatic heterocycles. The second kappa shape index (κ2) is 4.51. The Morgan fingerprint density at radius 2 is 2.55 bits per heavy atom. The number of anilines is 1. The van der Waals surface area contributed by atoms with Crippen molar-refractivity contribution in [1.82, 2.24) is 4.98 Å². The van der Waals surface area contributed by atoms with Crippen LogP contribution in [0.25, 0.3) is 6.08 Å². The molecule has 0 amide bonds. The lowest BCUT2D eigenvalue weighted by atomic mass is 10.4. The Labute approximate surface area is 78.3 Å². The summed E-state index contributed by atoms with van der Waals surface area (Å²) in [6.07, 6.45) is 6.96. The highest BCUT2D eigenvalue weighted by Gasteiger charge is 1.91. The van der Waals surface area contributed by atoms with Gasteiger partial charge in [0.05, 0.1) is 0 Å². The SMILES string of the molecule is Nc1ncc(C=CCCBr)s1. The van der Waals surface area contributed by atoms with E-state index in [2.05, 4.69) is 27.0 Å². The quantitative estimate of drug-likeness (QED) is 0.814. The molecule has 11 heavy (non-hydrogen) atoms. The van der Waals surface area contributed by atoms with Gasteiger partial charge in [0.25, 0.3) is 0 Å². The summed E-state index contributed by atoms with van der Waals surface area (Å²) in [4.78, 5) is 5.04. The lowest BCUT2D eigenvalue weighted by Gasteiger charge is -1.81. The molecular weight excluding hydrogens is 224 g/mol. The van der Waals surface area contributed by atoms with Crippen LogP contribution in [-0.4, -0.2) is 10.3 Å². The molecule has 0 saturated heterocycles. The van der Waals surface area contributed by atoms with Gasteiger partial charge in [-0.2, -0.15) is 0 Å². The fourth-order valence-corrected chi connectivity index (χ4v) is 1.52. The molecule has 0 saturated carbocycles. The Morgan fingerprint density at radius 1 is 1.73 bits per heavy atom. The van der Waals surface area contributed by atoms with Crippen LogP contribution >= 0.6 is 27.3 Å². The second-order valence-corrected chi connectivity index (χ2v) is 3.87. The highest BCUT2D eigenvalue weighted by Crippen LogP contribution is 2.15. The van der Waals surface area contributed by atoms with Crippen molar-refractivity contribution in [3.8, 4) is 0 Å². The summed E-state index contributed by atoms with van der Waals surface area (Å²) in [7, 11) is 0. The van der Waals surface area contributed by atoms with Gasteiger partial charge < -0.3 is 5.73 Å². The molecule has 1 rings (SSSR count). The van der Waals surface area contributed by atoms with Crippen molar-refractivity contribution < 1.29 is 0 Å². The highest BCUT2D eigenvalue weighted by molar-refractivity contribution is 9.09. The number of halogens is 1. The Morgan fingerprint density at radius 3 is 3.09 bits per heavy atom. The minimum atomic E-state index is 0.628. The number of hydrogen-bond donors (Lipinski definition) is 1. The first-order valence-electron chi connectivity index (χ1n) is 3.26. The van der Waals surface area contributed by atoms with Crippen LogP contribution in [0.5, 0.6) is 0 Å². The van der Waals surface area contributed by atoms with Crippen LogP contribution in [-0.2, 0) is 0 Å². The zero-order valence-electron chi connectivity index (χ0n) is 5.96. The van der Waals surface area contributed by atoms with Crippen molar-refractivity contribution in [3.05, 3.63) is 17.2 Å². The summed E-state index contributed by atoms with van der Waals surface area (Å²) >= 11 is 4.84. The van der Waals surface area contributed by atoms with Gasteiger partial charge in [-0.25, -0.2) is 4.98 Å². The van der Waals surface area contributed by atoms with Gasteiger partial charge in [-0.15, -0.1) is 0 Å². The molecule has 2 nitrogen and oxygen atoms in total. The van der Waals surface area contributed by atoms with Crippen LogP contribution in [0.1, 0.15) is 11.3 Å². The zero-order chi connectivity index (χ0) is 8.10. The Balaban J connectivity index is 2.50. The summed E-state index contributed by atoms with van der Waals surface area (Å²) in [5, 5.41) is 1.63. The first-order valence-corrected chi connectivity index (χ1v) is 5.20. The number of alkyl halides is 1. The van der Waals surface area contributed by atoms with Crippen molar-refractivity contribution in [3.63, 3.8) is 0 Å². The summed E-state index contributed by atoms with van der Waals surface area (Å²) in [5.41, 5.74) is 5.45. The first kappa shape index (κ1) is 8.74. The van der Waals surface area contributed by atoms with Gasteiger partial charge in [0.1, 0.15) is 0 Å². The van der Waals surface area contributed by atoms with E-state index in [0.29, 0.717) is 5.13 Å². The van der Waals surface area contributed by atoms with Crippen LogP contribution < -0.4 is 5.73 Å². The van der Waals surface area contributed by atoms with Gasteiger partial charge in [-0.3, -0.25) is 0 Å². The van der Waals surface area contributed by atoms with Crippen LogP contribution in [0.15, 0.2) is 12.3 Å². The van der Waals surface area contributed by atoms with Crippen molar-refractivity contribution in [2.45, 2.75) is 6.42 Å². The summed E-state index contributed by atoms with van der Waals surface area (Å²) in [5.74, 6) is 0. The molecule has 60 valence electrons. The van der Waals surface area contributed by atoms with Crippen molar-refractivity contribution in [2.75, 3.05) is 11.1 Å². The average molecular weight is 233 g/mol. The number of nitrogens with zero attached hydrogens (tertiary/aromatic N) is 1. The monoisotopic (exact) mass is 232 g/mol. The summed E-state index contributed by atoms with van der Waals surface area (Å²) in [6, 6.07) is 0. The van der Waals surface area contributed by atoms with E-state index in [4.69, 9.17) is 5.73 Å². The third kappa shape index (κ3) is 3.03. The third-order valence-electron chi connectivity index (χ3n) is 1.10. The largest absolute Gasteiger partial charge is 0.375 e. The van der Waals surface area contributed by atoms with E-state index in [1.807, 2.05) is 6.08 Å². The molecule has 0 spiro atoms. The standard InChI is InChI=1S/C7H9BrN2S/c8-4-2-1-3-6-5-10-7(9)11-6/h1,3,5H,2,4H2,(H2,9,10). The van der Waals surface area contributed by atoms with Gasteiger partial charge >= 0.3 is 0 Å². The van der Waals surface area contributed by atoms with Gasteiger partial charge in [-0.05, 0) is 12.5 Å². The van der Waals surface area contributed by atoms with Crippen molar-refractivity contribution >= 4 is 38.5 Å². The van der Waals surface area contributed by atoms with E-state index in [0.717, 1.165) is 16.6 Å². The van der Waals surface area contributed by atoms with Gasteiger partial charge in [0.2, 0.25) is 0 Å². The normalized spacial score (nSPS) is 11.0. The fourth-order valence-electron chi connectivity index (χ4n) is 0.640. The molecule has 0 unspecified atom stereocenters. The lowest BCUT2D eigenvalue weighted by Crippen LogP contribution is -1.77. The van der Waals surface area contributed by atoms with Crippen LogP contribution in [0, 0.1) is 0 Å². The molecule has 0 aliphatic heterocycles. The first-order chi connectivity index (χ1) is 5.33. The molecule has 0 fully saturated rings. The van der Waals surface area contributed by atoms with E-state index >= 15 is 0 Å². The molecule has 4 heteroatoms. The number of nitrogen functional groups attached to an aromatic ring is 1. The number of rotatable bonds is 3. The Hall–Kier alpha value is -0.350. The average Bonchev–Trinajstić information content (AvgIpc) is 2.37. The molecule has 0 bridgehead atoms. The minimum Gasteiger partial charge on any atom is -0.375 e. The number of aromatic nitrogens is 1. The second-order valence-electron chi connectivity index (χ2n) is 1.98. The number of hydrogen-bond acceptors (Lipinski definition) is 3. The predicted molar refractivity (Wildman–Crippen MR) is 54.0 cm³/mol. The Bertz CT molecular complexity index is 244. The van der Waals surface area contributed by atoms with Crippen LogP contribution in [0.3, 0.4) is 0 Å². The maximum absolute atomic E-state index is 5.45. The van der Waals surface area contributed by atoms with Crippen LogP contribution in [0.2, 0.25) is 0 Å². The number of allylic oxidation sites excluding steroid dienone is 1. The molecule has 0 radical (unpaired) electrons. The maximum Gasteiger partial charge on any atom is 0.180 e. The van der Waals surface area contributed by atoms with Gasteiger partial charge in [0.15, 0.2) is 5.13 Å². The smallest absolute Gasteiger partial charge is 0.180 e. The fraction of sp³-hybridized carbons (Fsp3) is 0.286. The molecule has 1 aromatic rings. The lowest BCUT2D eigenvalue weighted by molar-refractivity contribution is 1.27. The molecule has 1 heterocycles. The molecule has 2 N–H and O–H groups in total. The van der Waals surface area contributed by atoms with E-state index in [-0.39, 0.29) is 0 Å². The van der Waals surface area contributed by atoms with Gasteiger partial charge in [-0.1, -0.05) is 33.3 Å². The third-order valence-corrected chi connectivity index (χ3v) is 2.35. The summed E-state index contributed by atoms with van der Waals surface area (Å²) < 4.78 is 0. The molecule has 0 aliphatic rings. The maximum atomic E-state index is 5.45. The molecular formula is C7H9BrN2S. The topological polar surface area (TPSA) is 38.9 Å². The predicted octanol–water partition coefficient (Wildman–Crippen LogP) is 2.52. The number of thiazole rings is 1. The van der Waals surface area contributed by atoms with E-state index in [9.17, 15) is 0 Å². The summed E-state index contributed by atoms with van der Waals surface area (Å²) in [6.45, 7) is 0. The van der Waals surface area contributed by atoms with E-state index in [1.165, 1.54) is 11.3 Å². The molecule has 0 aromatic carbocycles. The zero-order valence-corrected chi connectivity index (χ0v) is 8.36. The Kier molecular flexibility index (Phi) is 3.59. The number of nitrogens with two attached hydrogens (primary N) is 1. The minimum absolute atomic E-state index is 0.628. The molecule has 0 atom stereocenters. The van der Waals surface area contributed by atoms with Crippen molar-refractivity contribution in [2.24, 2.45) is 0 Å².